The number of rotatable bonds is 2. The van der Waals surface area contributed by atoms with Crippen molar-refractivity contribution in [1.29, 1.82) is 0 Å². The van der Waals surface area contributed by atoms with E-state index in [2.05, 4.69) is 26.1 Å². The number of anilines is 1. The summed E-state index contributed by atoms with van der Waals surface area (Å²) in [7, 11) is 0. The van der Waals surface area contributed by atoms with E-state index >= 15 is 0 Å². The highest BCUT2D eigenvalue weighted by Gasteiger charge is 2.45. The number of fused-ring (bicyclic) bond motifs is 2. The van der Waals surface area contributed by atoms with Crippen LogP contribution >= 0.6 is 38.9 Å². The lowest BCUT2D eigenvalue weighted by atomic mass is 9.99. The number of carbonyl (C=O) groups excluding carboxylic acids is 1. The molecule has 1 amide bonds. The Balaban J connectivity index is 1.83. The number of aryl methyl sites for hydroxylation is 1. The van der Waals surface area contributed by atoms with Gasteiger partial charge in [-0.3, -0.25) is 14.5 Å². The van der Waals surface area contributed by atoms with E-state index in [4.69, 9.17) is 16.0 Å². The minimum atomic E-state index is -0.669. The minimum Gasteiger partial charge on any atom is -0.450 e. The van der Waals surface area contributed by atoms with Gasteiger partial charge in [-0.15, -0.1) is 10.2 Å². The molecule has 1 aliphatic heterocycles. The van der Waals surface area contributed by atoms with Gasteiger partial charge in [-0.2, -0.15) is 0 Å². The lowest BCUT2D eigenvalue weighted by Gasteiger charge is -2.22. The molecular weight excluding hydrogens is 478 g/mol. The van der Waals surface area contributed by atoms with Crippen LogP contribution in [0.5, 0.6) is 0 Å². The first-order chi connectivity index (χ1) is 13.9. The average molecular weight is 489 g/mol. The number of benzene rings is 2. The van der Waals surface area contributed by atoms with Gasteiger partial charge < -0.3 is 4.42 Å². The van der Waals surface area contributed by atoms with Crippen molar-refractivity contribution < 1.29 is 9.21 Å². The lowest BCUT2D eigenvalue weighted by molar-refractivity contribution is 0.0970. The first-order valence-electron chi connectivity index (χ1n) is 8.59. The first-order valence-corrected chi connectivity index (χ1v) is 10.6. The normalized spacial score (nSPS) is 15.9. The van der Waals surface area contributed by atoms with Gasteiger partial charge in [0.05, 0.1) is 17.0 Å². The summed E-state index contributed by atoms with van der Waals surface area (Å²) < 4.78 is 6.77. The molecule has 1 aliphatic rings. The standard InChI is InChI=1S/C20H11BrClN3O3S/c1-9-23-24-20(29-9)25-16(10-2-4-11(21)5-3-10)15-17(26)13-8-12(22)6-7-14(13)28-18(15)19(25)27/h2-8,16H,1H3/t16-/m1/s1. The molecule has 4 aromatic rings. The van der Waals surface area contributed by atoms with E-state index in [0.717, 1.165) is 15.0 Å². The second-order valence-corrected chi connectivity index (χ2v) is 9.06. The Kier molecular flexibility index (Phi) is 4.31. The minimum absolute atomic E-state index is 0.0191. The fraction of sp³-hybridized carbons (Fsp3) is 0.100. The molecule has 0 spiro atoms. The molecule has 0 bridgehead atoms. The number of carbonyl (C=O) groups is 1. The zero-order chi connectivity index (χ0) is 20.3. The zero-order valence-electron chi connectivity index (χ0n) is 14.8. The van der Waals surface area contributed by atoms with Crippen LogP contribution in [0.3, 0.4) is 0 Å². The van der Waals surface area contributed by atoms with Crippen LogP contribution in [-0.4, -0.2) is 16.1 Å². The van der Waals surface area contributed by atoms with E-state index in [9.17, 15) is 9.59 Å². The molecule has 5 rings (SSSR count). The average Bonchev–Trinajstić information content (AvgIpc) is 3.25. The van der Waals surface area contributed by atoms with Crippen LogP contribution in [0, 0.1) is 6.92 Å². The van der Waals surface area contributed by atoms with Crippen LogP contribution in [-0.2, 0) is 0 Å². The first kappa shape index (κ1) is 18.5. The van der Waals surface area contributed by atoms with Crippen LogP contribution in [0.2, 0.25) is 5.02 Å². The number of nitrogens with zero attached hydrogens (tertiary/aromatic N) is 3. The third-order valence-electron chi connectivity index (χ3n) is 4.74. The predicted octanol–water partition coefficient (Wildman–Crippen LogP) is 5.12. The fourth-order valence-corrected chi connectivity index (χ4v) is 4.64. The number of aromatic nitrogens is 2. The van der Waals surface area contributed by atoms with Crippen LogP contribution in [0.25, 0.3) is 11.0 Å². The molecule has 0 N–H and O–H groups in total. The molecule has 0 saturated heterocycles. The van der Waals surface area contributed by atoms with E-state index in [-0.39, 0.29) is 16.8 Å². The molecular formula is C20H11BrClN3O3S. The molecule has 2 aromatic carbocycles. The summed E-state index contributed by atoms with van der Waals surface area (Å²) in [6.45, 7) is 1.81. The van der Waals surface area contributed by atoms with Crippen molar-refractivity contribution in [1.82, 2.24) is 10.2 Å². The zero-order valence-corrected chi connectivity index (χ0v) is 18.0. The number of halogens is 2. The molecule has 0 fully saturated rings. The molecule has 144 valence electrons. The van der Waals surface area contributed by atoms with Crippen LogP contribution in [0.1, 0.15) is 32.7 Å². The highest BCUT2D eigenvalue weighted by atomic mass is 79.9. The van der Waals surface area contributed by atoms with E-state index < -0.39 is 11.9 Å². The van der Waals surface area contributed by atoms with Crippen molar-refractivity contribution in [2.45, 2.75) is 13.0 Å². The van der Waals surface area contributed by atoms with Gasteiger partial charge in [0.15, 0.2) is 5.43 Å². The van der Waals surface area contributed by atoms with Crippen molar-refractivity contribution in [3.8, 4) is 0 Å². The Morgan fingerprint density at radius 2 is 1.90 bits per heavy atom. The maximum absolute atomic E-state index is 13.4. The quantitative estimate of drug-likeness (QED) is 0.391. The van der Waals surface area contributed by atoms with Gasteiger partial charge >= 0.3 is 0 Å². The largest absolute Gasteiger partial charge is 0.450 e. The van der Waals surface area contributed by atoms with Gasteiger partial charge in [0, 0.05) is 9.50 Å². The van der Waals surface area contributed by atoms with Gasteiger partial charge in [0.2, 0.25) is 10.9 Å². The molecule has 0 saturated carbocycles. The molecule has 9 heteroatoms. The fourth-order valence-electron chi connectivity index (χ4n) is 3.49. The summed E-state index contributed by atoms with van der Waals surface area (Å²) in [4.78, 5) is 28.2. The summed E-state index contributed by atoms with van der Waals surface area (Å²) in [5.74, 6) is -0.399. The van der Waals surface area contributed by atoms with Crippen molar-refractivity contribution >= 4 is 60.9 Å². The number of hydrogen-bond acceptors (Lipinski definition) is 6. The van der Waals surface area contributed by atoms with Crippen molar-refractivity contribution in [2.75, 3.05) is 4.90 Å². The second-order valence-electron chi connectivity index (χ2n) is 6.55. The molecule has 2 aromatic heterocycles. The van der Waals surface area contributed by atoms with Gasteiger partial charge in [0.1, 0.15) is 10.6 Å². The van der Waals surface area contributed by atoms with Gasteiger partial charge in [-0.05, 0) is 42.8 Å². The second kappa shape index (κ2) is 6.76. The van der Waals surface area contributed by atoms with Crippen molar-refractivity contribution in [3.05, 3.63) is 84.1 Å². The SMILES string of the molecule is Cc1nnc(N2C(=O)c3oc4ccc(Cl)cc4c(=O)c3[C@H]2c2ccc(Br)cc2)s1. The molecule has 0 unspecified atom stereocenters. The van der Waals surface area contributed by atoms with E-state index in [1.165, 1.54) is 16.2 Å². The van der Waals surface area contributed by atoms with Crippen LogP contribution in [0.15, 0.2) is 56.1 Å². The van der Waals surface area contributed by atoms with Crippen LogP contribution in [0.4, 0.5) is 5.13 Å². The van der Waals surface area contributed by atoms with Crippen molar-refractivity contribution in [3.63, 3.8) is 0 Å². The molecule has 3 heterocycles. The van der Waals surface area contributed by atoms with E-state index in [0.29, 0.717) is 21.1 Å². The maximum Gasteiger partial charge on any atom is 0.297 e. The van der Waals surface area contributed by atoms with E-state index in [1.807, 2.05) is 31.2 Å². The van der Waals surface area contributed by atoms with Gasteiger partial charge in [-0.1, -0.05) is 51.0 Å². The highest BCUT2D eigenvalue weighted by molar-refractivity contribution is 9.10. The summed E-state index contributed by atoms with van der Waals surface area (Å²) in [6.07, 6.45) is 0. The smallest absolute Gasteiger partial charge is 0.297 e. The summed E-state index contributed by atoms with van der Waals surface area (Å²) >= 11 is 10.8. The molecule has 0 radical (unpaired) electrons. The summed E-state index contributed by atoms with van der Waals surface area (Å²) in [5, 5.41) is 10.1. The topological polar surface area (TPSA) is 76.3 Å². The molecule has 1 atom stereocenters. The predicted molar refractivity (Wildman–Crippen MR) is 115 cm³/mol. The molecule has 6 nitrogen and oxygen atoms in total. The molecule has 29 heavy (non-hydrogen) atoms. The number of hydrogen-bond donors (Lipinski definition) is 0. The monoisotopic (exact) mass is 487 g/mol. The Morgan fingerprint density at radius 3 is 2.59 bits per heavy atom. The summed E-state index contributed by atoms with van der Waals surface area (Å²) in [5.41, 5.74) is 1.08. The summed E-state index contributed by atoms with van der Waals surface area (Å²) in [6, 6.07) is 11.6. The Bertz CT molecular complexity index is 1350. The van der Waals surface area contributed by atoms with Crippen molar-refractivity contribution in [2.24, 2.45) is 0 Å². The van der Waals surface area contributed by atoms with Gasteiger partial charge in [0.25, 0.3) is 5.91 Å². The maximum atomic E-state index is 13.4. The van der Waals surface area contributed by atoms with Crippen LogP contribution < -0.4 is 10.3 Å². The van der Waals surface area contributed by atoms with E-state index in [1.54, 1.807) is 18.2 Å². The number of amides is 1. The Morgan fingerprint density at radius 1 is 1.14 bits per heavy atom. The third-order valence-corrected chi connectivity index (χ3v) is 6.34. The highest BCUT2D eigenvalue weighted by Crippen LogP contribution is 2.42. The molecule has 0 aliphatic carbocycles. The third kappa shape index (κ3) is 2.90. The lowest BCUT2D eigenvalue weighted by Crippen LogP contribution is -2.29. The van der Waals surface area contributed by atoms with Gasteiger partial charge in [-0.25, -0.2) is 0 Å². The Labute approximate surface area is 181 Å². The Hall–Kier alpha value is -2.55.